The van der Waals surface area contributed by atoms with Crippen molar-refractivity contribution in [2.45, 2.75) is 26.3 Å². The number of para-hydroxylation sites is 1. The van der Waals surface area contributed by atoms with Crippen molar-refractivity contribution < 1.29 is 9.53 Å². The van der Waals surface area contributed by atoms with Crippen LogP contribution in [0.1, 0.15) is 36.2 Å². The lowest BCUT2D eigenvalue weighted by atomic mass is 9.89. The van der Waals surface area contributed by atoms with Crippen LogP contribution in [0.4, 0.5) is 0 Å². The highest BCUT2D eigenvalue weighted by molar-refractivity contribution is 9.10. The van der Waals surface area contributed by atoms with Crippen LogP contribution < -0.4 is 4.74 Å². The van der Waals surface area contributed by atoms with Crippen LogP contribution >= 0.6 is 15.9 Å². The van der Waals surface area contributed by atoms with Gasteiger partial charge >= 0.3 is 0 Å². The molecular weight excluding hydrogens is 490 g/mol. The highest BCUT2D eigenvalue weighted by Gasteiger charge is 2.35. The fraction of sp³-hybridized carbons (Fsp3) is 0.179. The number of carbonyl (C=O) groups is 1. The van der Waals surface area contributed by atoms with E-state index >= 15 is 0 Å². The van der Waals surface area contributed by atoms with Gasteiger partial charge in [-0.1, -0.05) is 64.5 Å². The Hall–Kier alpha value is -3.51. The van der Waals surface area contributed by atoms with E-state index in [2.05, 4.69) is 34.1 Å². The number of hydrazone groups is 1. The Labute approximate surface area is 207 Å². The van der Waals surface area contributed by atoms with Gasteiger partial charge in [0.15, 0.2) is 0 Å². The normalized spacial score (nSPS) is 15.5. The van der Waals surface area contributed by atoms with Crippen molar-refractivity contribution in [3.63, 3.8) is 0 Å². The van der Waals surface area contributed by atoms with Gasteiger partial charge in [-0.25, -0.2) is 5.01 Å². The number of aryl methyl sites for hydroxylation is 1. The first kappa shape index (κ1) is 22.3. The minimum absolute atomic E-state index is 0.110. The van der Waals surface area contributed by atoms with Gasteiger partial charge in [-0.3, -0.25) is 9.78 Å². The number of pyridine rings is 1. The van der Waals surface area contributed by atoms with Gasteiger partial charge < -0.3 is 4.74 Å². The summed E-state index contributed by atoms with van der Waals surface area (Å²) in [6.07, 6.45) is 0.571. The molecule has 6 heteroatoms. The number of nitrogens with zero attached hydrogens (tertiary/aromatic N) is 3. The maximum Gasteiger partial charge on any atom is 0.240 e. The number of amides is 1. The molecule has 0 bridgehead atoms. The van der Waals surface area contributed by atoms with Crippen LogP contribution in [0.5, 0.6) is 5.75 Å². The van der Waals surface area contributed by atoms with Crippen molar-refractivity contribution in [2.75, 3.05) is 7.11 Å². The molecule has 5 nitrogen and oxygen atoms in total. The van der Waals surface area contributed by atoms with Crippen LogP contribution in [0, 0.1) is 6.92 Å². The maximum absolute atomic E-state index is 12.7. The second-order valence-electron chi connectivity index (χ2n) is 8.35. The average molecular weight is 514 g/mol. The molecule has 1 aliphatic heterocycles. The lowest BCUT2D eigenvalue weighted by Crippen LogP contribution is -2.24. The molecule has 4 aromatic rings. The van der Waals surface area contributed by atoms with Crippen LogP contribution in [-0.2, 0) is 4.79 Å². The predicted molar refractivity (Wildman–Crippen MR) is 139 cm³/mol. The molecule has 1 aromatic heterocycles. The number of methoxy groups -OCH3 is 1. The molecule has 34 heavy (non-hydrogen) atoms. The third kappa shape index (κ3) is 3.88. The van der Waals surface area contributed by atoms with Gasteiger partial charge in [0.05, 0.1) is 24.4 Å². The van der Waals surface area contributed by atoms with Crippen molar-refractivity contribution in [2.24, 2.45) is 5.10 Å². The Balaban J connectivity index is 1.74. The van der Waals surface area contributed by atoms with Crippen molar-refractivity contribution >= 4 is 38.5 Å². The Kier molecular flexibility index (Phi) is 5.92. The fourth-order valence-corrected chi connectivity index (χ4v) is 5.11. The zero-order chi connectivity index (χ0) is 23.8. The van der Waals surface area contributed by atoms with Crippen LogP contribution in [0.25, 0.3) is 22.0 Å². The van der Waals surface area contributed by atoms with E-state index in [4.69, 9.17) is 14.8 Å². The van der Waals surface area contributed by atoms with Crippen LogP contribution in [0.15, 0.2) is 82.4 Å². The molecule has 170 valence electrons. The number of rotatable bonds is 4. The summed E-state index contributed by atoms with van der Waals surface area (Å²) >= 11 is 3.63. The standard InChI is InChI=1S/C28H24BrN3O2/c1-17-27(24-16-25(32(31-24)18(2)33)21-11-7-8-12-26(21)34-3)28(19-9-5-4-6-10-19)22-15-20(29)13-14-23(22)30-17/h4-15,25H,16H2,1-3H3/t25-/m1/s1. The van der Waals surface area contributed by atoms with Crippen LogP contribution in [-0.4, -0.2) is 28.7 Å². The van der Waals surface area contributed by atoms with Crippen molar-refractivity contribution in [1.29, 1.82) is 0 Å². The van der Waals surface area contributed by atoms with Gasteiger partial charge in [0.1, 0.15) is 5.75 Å². The molecule has 5 rings (SSSR count). The largest absolute Gasteiger partial charge is 0.496 e. The van der Waals surface area contributed by atoms with Crippen molar-refractivity contribution in [3.8, 4) is 16.9 Å². The summed E-state index contributed by atoms with van der Waals surface area (Å²) in [7, 11) is 1.65. The molecule has 0 saturated carbocycles. The zero-order valence-electron chi connectivity index (χ0n) is 19.2. The van der Waals surface area contributed by atoms with E-state index in [1.54, 1.807) is 19.0 Å². The molecular formula is C28H24BrN3O2. The first-order valence-electron chi connectivity index (χ1n) is 11.1. The molecule has 0 N–H and O–H groups in total. The van der Waals surface area contributed by atoms with E-state index in [9.17, 15) is 4.79 Å². The number of halogens is 1. The highest BCUT2D eigenvalue weighted by atomic mass is 79.9. The minimum atomic E-state index is -0.245. The summed E-state index contributed by atoms with van der Waals surface area (Å²) in [6.45, 7) is 3.57. The molecule has 1 aliphatic rings. The Morgan fingerprint density at radius 3 is 2.50 bits per heavy atom. The molecule has 0 saturated heterocycles. The molecule has 2 heterocycles. The second-order valence-corrected chi connectivity index (χ2v) is 9.26. The van der Waals surface area contributed by atoms with Gasteiger partial charge in [0.2, 0.25) is 5.91 Å². The first-order valence-corrected chi connectivity index (χ1v) is 11.9. The number of aromatic nitrogens is 1. The molecule has 0 spiro atoms. The highest BCUT2D eigenvalue weighted by Crippen LogP contribution is 2.41. The number of carbonyl (C=O) groups excluding carboxylic acids is 1. The number of hydrogen-bond donors (Lipinski definition) is 0. The summed E-state index contributed by atoms with van der Waals surface area (Å²) in [5, 5.41) is 7.48. The molecule has 0 radical (unpaired) electrons. The lowest BCUT2D eigenvalue weighted by Gasteiger charge is -2.22. The Bertz CT molecular complexity index is 1430. The third-order valence-electron chi connectivity index (χ3n) is 6.21. The maximum atomic E-state index is 12.7. The quantitative estimate of drug-likeness (QED) is 0.305. The topological polar surface area (TPSA) is 54.8 Å². The van der Waals surface area contributed by atoms with E-state index in [1.165, 1.54) is 0 Å². The van der Waals surface area contributed by atoms with Crippen molar-refractivity contribution in [3.05, 3.63) is 94.1 Å². The van der Waals surface area contributed by atoms with Gasteiger partial charge in [-0.2, -0.15) is 5.10 Å². The summed E-state index contributed by atoms with van der Waals surface area (Å²) in [5.41, 5.74) is 6.73. The van der Waals surface area contributed by atoms with Crippen LogP contribution in [0.3, 0.4) is 0 Å². The molecule has 1 amide bonds. The number of ether oxygens (including phenoxy) is 1. The van der Waals surface area contributed by atoms with Gasteiger partial charge in [-0.15, -0.1) is 0 Å². The molecule has 1 atom stereocenters. The predicted octanol–water partition coefficient (Wildman–Crippen LogP) is 6.68. The van der Waals surface area contributed by atoms with E-state index in [-0.39, 0.29) is 11.9 Å². The molecule has 0 unspecified atom stereocenters. The van der Waals surface area contributed by atoms with E-state index in [0.717, 1.165) is 54.8 Å². The van der Waals surface area contributed by atoms with Gasteiger partial charge in [0, 0.05) is 45.6 Å². The van der Waals surface area contributed by atoms with E-state index in [0.29, 0.717) is 6.42 Å². The summed E-state index contributed by atoms with van der Waals surface area (Å²) < 4.78 is 6.59. The van der Waals surface area contributed by atoms with E-state index < -0.39 is 0 Å². The monoisotopic (exact) mass is 513 g/mol. The number of benzene rings is 3. The fourth-order valence-electron chi connectivity index (χ4n) is 4.75. The number of fused-ring (bicyclic) bond motifs is 1. The summed E-state index contributed by atoms with van der Waals surface area (Å²) in [5.74, 6) is 0.636. The minimum Gasteiger partial charge on any atom is -0.496 e. The SMILES string of the molecule is COc1ccccc1[C@H]1CC(c2c(C)nc3ccc(Br)cc3c2-c2ccccc2)=NN1C(C)=O. The average Bonchev–Trinajstić information content (AvgIpc) is 3.29. The Morgan fingerprint density at radius 2 is 1.76 bits per heavy atom. The summed E-state index contributed by atoms with van der Waals surface area (Å²) in [4.78, 5) is 17.6. The van der Waals surface area contributed by atoms with Gasteiger partial charge in [0.25, 0.3) is 0 Å². The first-order chi connectivity index (χ1) is 16.5. The second kappa shape index (κ2) is 9.03. The van der Waals surface area contributed by atoms with Crippen LogP contribution in [0.2, 0.25) is 0 Å². The molecule has 0 fully saturated rings. The zero-order valence-corrected chi connectivity index (χ0v) is 20.8. The summed E-state index contributed by atoms with van der Waals surface area (Å²) in [6, 6.07) is 24.0. The third-order valence-corrected chi connectivity index (χ3v) is 6.70. The lowest BCUT2D eigenvalue weighted by molar-refractivity contribution is -0.130. The van der Waals surface area contributed by atoms with Crippen molar-refractivity contribution in [1.82, 2.24) is 9.99 Å². The molecule has 3 aromatic carbocycles. The van der Waals surface area contributed by atoms with E-state index in [1.807, 2.05) is 61.5 Å². The smallest absolute Gasteiger partial charge is 0.240 e. The van der Waals surface area contributed by atoms with Gasteiger partial charge in [-0.05, 0) is 36.8 Å². The Morgan fingerprint density at radius 1 is 1.03 bits per heavy atom. The molecule has 0 aliphatic carbocycles. The number of hydrogen-bond acceptors (Lipinski definition) is 4.